The van der Waals surface area contributed by atoms with Crippen LogP contribution in [-0.2, 0) is 6.54 Å². The maximum absolute atomic E-state index is 13.2. The molecular weight excluding hydrogens is 165 g/mol. The smallest absolute Gasteiger partial charge is 0.128 e. The van der Waals surface area contributed by atoms with E-state index in [-0.39, 0.29) is 5.82 Å². The molecule has 1 rings (SSSR count). The van der Waals surface area contributed by atoms with E-state index in [1.807, 2.05) is 19.9 Å². The number of allylic oxidation sites excluding steroid dienone is 1. The summed E-state index contributed by atoms with van der Waals surface area (Å²) in [4.78, 5) is 0. The molecule has 0 aliphatic heterocycles. The van der Waals surface area contributed by atoms with Crippen molar-refractivity contribution in [2.75, 3.05) is 0 Å². The highest BCUT2D eigenvalue weighted by atomic mass is 19.1. The molecular formula is C11H14FN. The summed E-state index contributed by atoms with van der Waals surface area (Å²) in [6, 6.07) is 5.23. The topological polar surface area (TPSA) is 12.0 Å². The standard InChI is InChI=1S/C11H14FN/c1-8(2)13-7-10-5-4-9(3)6-11(10)12/h4-6,13H,1,7H2,2-3H3. The lowest BCUT2D eigenvalue weighted by atomic mass is 10.1. The number of halogens is 1. The predicted molar refractivity (Wildman–Crippen MR) is 52.8 cm³/mol. The lowest BCUT2D eigenvalue weighted by Gasteiger charge is -2.06. The molecule has 1 aromatic rings. The van der Waals surface area contributed by atoms with E-state index in [9.17, 15) is 4.39 Å². The van der Waals surface area contributed by atoms with E-state index < -0.39 is 0 Å². The van der Waals surface area contributed by atoms with Gasteiger partial charge in [0.25, 0.3) is 0 Å². The van der Waals surface area contributed by atoms with Gasteiger partial charge in [0.1, 0.15) is 5.82 Å². The second kappa shape index (κ2) is 4.08. The fourth-order valence-electron chi connectivity index (χ4n) is 1.04. The first kappa shape index (κ1) is 9.78. The zero-order valence-electron chi connectivity index (χ0n) is 8.02. The van der Waals surface area contributed by atoms with Crippen LogP contribution in [0, 0.1) is 12.7 Å². The first-order valence-electron chi connectivity index (χ1n) is 4.24. The molecule has 0 amide bonds. The van der Waals surface area contributed by atoms with Gasteiger partial charge in [0.05, 0.1) is 0 Å². The van der Waals surface area contributed by atoms with Crippen molar-refractivity contribution in [1.29, 1.82) is 0 Å². The summed E-state index contributed by atoms with van der Waals surface area (Å²) in [7, 11) is 0. The molecule has 2 heteroatoms. The molecule has 1 aromatic carbocycles. The van der Waals surface area contributed by atoms with E-state index in [0.717, 1.165) is 11.3 Å². The van der Waals surface area contributed by atoms with Gasteiger partial charge in [-0.05, 0) is 25.5 Å². The van der Waals surface area contributed by atoms with Gasteiger partial charge in [-0.25, -0.2) is 4.39 Å². The molecule has 0 spiro atoms. The van der Waals surface area contributed by atoms with E-state index >= 15 is 0 Å². The number of benzene rings is 1. The Kier molecular flexibility index (Phi) is 3.07. The van der Waals surface area contributed by atoms with Gasteiger partial charge in [0.2, 0.25) is 0 Å². The van der Waals surface area contributed by atoms with E-state index in [2.05, 4.69) is 11.9 Å². The SMILES string of the molecule is C=C(C)NCc1ccc(C)cc1F. The van der Waals surface area contributed by atoms with Crippen molar-refractivity contribution in [3.8, 4) is 0 Å². The van der Waals surface area contributed by atoms with E-state index in [1.165, 1.54) is 6.07 Å². The van der Waals surface area contributed by atoms with Gasteiger partial charge in [-0.2, -0.15) is 0 Å². The van der Waals surface area contributed by atoms with Crippen molar-refractivity contribution in [2.45, 2.75) is 20.4 Å². The number of rotatable bonds is 3. The summed E-state index contributed by atoms with van der Waals surface area (Å²) in [5, 5.41) is 2.99. The van der Waals surface area contributed by atoms with Crippen LogP contribution in [0.3, 0.4) is 0 Å². The minimum Gasteiger partial charge on any atom is -0.385 e. The highest BCUT2D eigenvalue weighted by Crippen LogP contribution is 2.09. The van der Waals surface area contributed by atoms with Crippen LogP contribution >= 0.6 is 0 Å². The maximum atomic E-state index is 13.2. The quantitative estimate of drug-likeness (QED) is 0.752. The summed E-state index contributed by atoms with van der Waals surface area (Å²) in [6.07, 6.45) is 0. The first-order valence-corrected chi connectivity index (χ1v) is 4.24. The molecule has 13 heavy (non-hydrogen) atoms. The lowest BCUT2D eigenvalue weighted by Crippen LogP contribution is -2.10. The molecule has 70 valence electrons. The van der Waals surface area contributed by atoms with Crippen LogP contribution in [0.1, 0.15) is 18.1 Å². The predicted octanol–water partition coefficient (Wildman–Crippen LogP) is 2.76. The summed E-state index contributed by atoms with van der Waals surface area (Å²) in [5.41, 5.74) is 2.46. The average molecular weight is 179 g/mol. The second-order valence-electron chi connectivity index (χ2n) is 3.23. The van der Waals surface area contributed by atoms with Gasteiger partial charge in [-0.3, -0.25) is 0 Å². The van der Waals surface area contributed by atoms with Crippen molar-refractivity contribution in [3.63, 3.8) is 0 Å². The van der Waals surface area contributed by atoms with Gasteiger partial charge in [0, 0.05) is 17.8 Å². The summed E-state index contributed by atoms with van der Waals surface area (Å²) < 4.78 is 13.2. The molecule has 0 saturated carbocycles. The average Bonchev–Trinajstić information content (AvgIpc) is 2.02. The molecule has 0 saturated heterocycles. The van der Waals surface area contributed by atoms with Crippen LogP contribution in [0.15, 0.2) is 30.5 Å². The second-order valence-corrected chi connectivity index (χ2v) is 3.23. The van der Waals surface area contributed by atoms with Crippen LogP contribution < -0.4 is 5.32 Å². The van der Waals surface area contributed by atoms with Gasteiger partial charge >= 0.3 is 0 Å². The molecule has 0 unspecified atom stereocenters. The molecule has 0 aliphatic rings. The third kappa shape index (κ3) is 2.90. The Morgan fingerprint density at radius 2 is 2.23 bits per heavy atom. The molecule has 0 bridgehead atoms. The summed E-state index contributed by atoms with van der Waals surface area (Å²) >= 11 is 0. The molecule has 0 atom stereocenters. The van der Waals surface area contributed by atoms with Gasteiger partial charge < -0.3 is 5.32 Å². The van der Waals surface area contributed by atoms with Crippen molar-refractivity contribution in [1.82, 2.24) is 5.32 Å². The van der Waals surface area contributed by atoms with E-state index in [4.69, 9.17) is 0 Å². The normalized spacial score (nSPS) is 9.77. The molecule has 0 heterocycles. The largest absolute Gasteiger partial charge is 0.385 e. The number of aryl methyl sites for hydroxylation is 1. The summed E-state index contributed by atoms with van der Waals surface area (Å²) in [5.74, 6) is -0.159. The molecule has 0 aromatic heterocycles. The number of hydrogen-bond acceptors (Lipinski definition) is 1. The van der Waals surface area contributed by atoms with Crippen LogP contribution in [0.25, 0.3) is 0 Å². The van der Waals surface area contributed by atoms with Crippen LogP contribution in [-0.4, -0.2) is 0 Å². The lowest BCUT2D eigenvalue weighted by molar-refractivity contribution is 0.600. The number of nitrogens with one attached hydrogen (secondary N) is 1. The van der Waals surface area contributed by atoms with Crippen LogP contribution in [0.2, 0.25) is 0 Å². The monoisotopic (exact) mass is 179 g/mol. The van der Waals surface area contributed by atoms with E-state index in [1.54, 1.807) is 6.07 Å². The molecule has 1 N–H and O–H groups in total. The molecule has 0 fully saturated rings. The third-order valence-corrected chi connectivity index (χ3v) is 1.79. The van der Waals surface area contributed by atoms with Gasteiger partial charge in [-0.1, -0.05) is 18.7 Å². The van der Waals surface area contributed by atoms with Crippen molar-refractivity contribution < 1.29 is 4.39 Å². The first-order chi connectivity index (χ1) is 6.09. The molecule has 0 aliphatic carbocycles. The minimum absolute atomic E-state index is 0.159. The summed E-state index contributed by atoms with van der Waals surface area (Å²) in [6.45, 7) is 7.91. The van der Waals surface area contributed by atoms with Crippen LogP contribution in [0.4, 0.5) is 4.39 Å². The highest BCUT2D eigenvalue weighted by molar-refractivity contribution is 5.23. The zero-order valence-corrected chi connectivity index (χ0v) is 8.02. The Hall–Kier alpha value is -1.31. The fourth-order valence-corrected chi connectivity index (χ4v) is 1.04. The van der Waals surface area contributed by atoms with Crippen molar-refractivity contribution in [3.05, 3.63) is 47.4 Å². The Labute approximate surface area is 78.3 Å². The minimum atomic E-state index is -0.159. The Morgan fingerprint density at radius 3 is 2.77 bits per heavy atom. The van der Waals surface area contributed by atoms with E-state index in [0.29, 0.717) is 12.1 Å². The highest BCUT2D eigenvalue weighted by Gasteiger charge is 2.00. The Bertz CT molecular complexity index is 318. The van der Waals surface area contributed by atoms with Crippen LogP contribution in [0.5, 0.6) is 0 Å². The number of hydrogen-bond donors (Lipinski definition) is 1. The van der Waals surface area contributed by atoms with Crippen molar-refractivity contribution in [2.24, 2.45) is 0 Å². The third-order valence-electron chi connectivity index (χ3n) is 1.79. The Balaban J connectivity index is 2.72. The van der Waals surface area contributed by atoms with Crippen molar-refractivity contribution >= 4 is 0 Å². The maximum Gasteiger partial charge on any atom is 0.128 e. The van der Waals surface area contributed by atoms with Gasteiger partial charge in [0.15, 0.2) is 0 Å². The van der Waals surface area contributed by atoms with Gasteiger partial charge in [-0.15, -0.1) is 0 Å². The zero-order chi connectivity index (χ0) is 9.84. The molecule has 1 nitrogen and oxygen atoms in total. The Morgan fingerprint density at radius 1 is 1.54 bits per heavy atom. The molecule has 0 radical (unpaired) electrons. The fraction of sp³-hybridized carbons (Fsp3) is 0.273.